The lowest BCUT2D eigenvalue weighted by atomic mass is 10.0. The van der Waals surface area contributed by atoms with E-state index in [0.29, 0.717) is 18.7 Å². The zero-order valence-electron chi connectivity index (χ0n) is 8.21. The maximum absolute atomic E-state index is 11.2. The van der Waals surface area contributed by atoms with Crippen molar-refractivity contribution in [2.45, 2.75) is 31.8 Å². The Labute approximate surface area is 79.8 Å². The van der Waals surface area contributed by atoms with Crippen LogP contribution in [0.4, 0.5) is 0 Å². The van der Waals surface area contributed by atoms with Crippen LogP contribution in [-0.4, -0.2) is 38.0 Å². The monoisotopic (exact) mass is 206 g/mol. The summed E-state index contributed by atoms with van der Waals surface area (Å²) in [6.45, 7) is 4.45. The molecule has 0 spiro atoms. The fourth-order valence-corrected chi connectivity index (χ4v) is 3.88. The number of nitrogens with one attached hydrogen (secondary N) is 1. The van der Waals surface area contributed by atoms with Gasteiger partial charge in [-0.2, -0.15) is 0 Å². The molecule has 1 fully saturated rings. The predicted molar refractivity (Wildman–Crippen MR) is 53.3 cm³/mol. The molecule has 4 nitrogen and oxygen atoms in total. The Morgan fingerprint density at radius 2 is 2.23 bits per heavy atom. The number of hydrogen-bond donors (Lipinski definition) is 2. The average Bonchev–Trinajstić information content (AvgIpc) is 2.25. The largest absolute Gasteiger partial charge is 0.329 e. The molecule has 78 valence electrons. The van der Waals surface area contributed by atoms with Gasteiger partial charge in [-0.05, 0) is 20.3 Å². The van der Waals surface area contributed by atoms with E-state index in [0.717, 1.165) is 0 Å². The van der Waals surface area contributed by atoms with E-state index in [1.54, 1.807) is 0 Å². The molecule has 0 aromatic heterocycles. The Bertz CT molecular complexity index is 276. The molecular formula is C8H18N2O2S. The number of rotatable bonds is 3. The van der Waals surface area contributed by atoms with Crippen molar-refractivity contribution in [3.63, 3.8) is 0 Å². The Balaban J connectivity index is 2.60. The topological polar surface area (TPSA) is 72.2 Å². The second-order valence-corrected chi connectivity index (χ2v) is 6.37. The van der Waals surface area contributed by atoms with E-state index in [9.17, 15) is 8.42 Å². The molecule has 3 N–H and O–H groups in total. The Morgan fingerprint density at radius 3 is 2.62 bits per heavy atom. The van der Waals surface area contributed by atoms with Crippen LogP contribution in [-0.2, 0) is 9.84 Å². The van der Waals surface area contributed by atoms with Crippen molar-refractivity contribution in [2.75, 3.05) is 18.1 Å². The SMILES string of the molecule is CC(CN)NC1(C)CCS(=O)(=O)C1. The van der Waals surface area contributed by atoms with Crippen molar-refractivity contribution in [1.29, 1.82) is 0 Å². The molecule has 5 heteroatoms. The van der Waals surface area contributed by atoms with Crippen LogP contribution in [0.2, 0.25) is 0 Å². The van der Waals surface area contributed by atoms with Crippen molar-refractivity contribution >= 4 is 9.84 Å². The molecule has 1 aliphatic rings. The second-order valence-electron chi connectivity index (χ2n) is 4.18. The Hall–Kier alpha value is -0.130. The molecule has 0 aromatic carbocycles. The maximum atomic E-state index is 11.2. The molecule has 0 amide bonds. The Kier molecular flexibility index (Phi) is 2.99. The maximum Gasteiger partial charge on any atom is 0.152 e. The van der Waals surface area contributed by atoms with Gasteiger partial charge in [0.05, 0.1) is 11.5 Å². The molecule has 1 aliphatic heterocycles. The van der Waals surface area contributed by atoms with Gasteiger partial charge in [-0.25, -0.2) is 8.42 Å². The fraction of sp³-hybridized carbons (Fsp3) is 1.00. The third-order valence-corrected chi connectivity index (χ3v) is 4.35. The van der Waals surface area contributed by atoms with Gasteiger partial charge in [0.2, 0.25) is 0 Å². The highest BCUT2D eigenvalue weighted by Crippen LogP contribution is 2.23. The van der Waals surface area contributed by atoms with E-state index in [2.05, 4.69) is 5.32 Å². The van der Waals surface area contributed by atoms with E-state index < -0.39 is 9.84 Å². The molecule has 1 rings (SSSR count). The van der Waals surface area contributed by atoms with Gasteiger partial charge in [0.15, 0.2) is 9.84 Å². The molecule has 1 heterocycles. The van der Waals surface area contributed by atoms with Crippen molar-refractivity contribution < 1.29 is 8.42 Å². The van der Waals surface area contributed by atoms with Gasteiger partial charge < -0.3 is 11.1 Å². The molecule has 0 aromatic rings. The highest BCUT2D eigenvalue weighted by atomic mass is 32.2. The highest BCUT2D eigenvalue weighted by Gasteiger charge is 2.38. The molecule has 0 radical (unpaired) electrons. The molecule has 1 saturated heterocycles. The van der Waals surface area contributed by atoms with E-state index in [1.807, 2.05) is 13.8 Å². The summed E-state index contributed by atoms with van der Waals surface area (Å²) < 4.78 is 22.5. The van der Waals surface area contributed by atoms with Gasteiger partial charge >= 0.3 is 0 Å². The molecule has 2 unspecified atom stereocenters. The Morgan fingerprint density at radius 1 is 1.62 bits per heavy atom. The van der Waals surface area contributed by atoms with Crippen LogP contribution < -0.4 is 11.1 Å². The molecule has 0 bridgehead atoms. The summed E-state index contributed by atoms with van der Waals surface area (Å²) in [6.07, 6.45) is 0.694. The van der Waals surface area contributed by atoms with Crippen LogP contribution in [0, 0.1) is 0 Å². The second kappa shape index (κ2) is 3.55. The third-order valence-electron chi connectivity index (χ3n) is 2.45. The smallest absolute Gasteiger partial charge is 0.152 e. The first-order valence-corrected chi connectivity index (χ1v) is 6.37. The lowest BCUT2D eigenvalue weighted by molar-refractivity contribution is 0.354. The summed E-state index contributed by atoms with van der Waals surface area (Å²) in [7, 11) is -2.81. The normalized spacial score (nSPS) is 34.7. The van der Waals surface area contributed by atoms with E-state index >= 15 is 0 Å². The van der Waals surface area contributed by atoms with Crippen molar-refractivity contribution in [2.24, 2.45) is 5.73 Å². The molecule has 13 heavy (non-hydrogen) atoms. The predicted octanol–water partition coefficient (Wildman–Crippen LogP) is -0.500. The van der Waals surface area contributed by atoms with E-state index in [1.165, 1.54) is 0 Å². The molecule has 0 saturated carbocycles. The van der Waals surface area contributed by atoms with E-state index in [-0.39, 0.29) is 17.3 Å². The van der Waals surface area contributed by atoms with Crippen molar-refractivity contribution in [3.05, 3.63) is 0 Å². The summed E-state index contributed by atoms with van der Waals surface area (Å²) in [6, 6.07) is 0.179. The number of sulfone groups is 1. The fourth-order valence-electron chi connectivity index (χ4n) is 1.78. The van der Waals surface area contributed by atoms with Gasteiger partial charge in [-0.15, -0.1) is 0 Å². The summed E-state index contributed by atoms with van der Waals surface area (Å²) >= 11 is 0. The minimum Gasteiger partial charge on any atom is -0.329 e. The first kappa shape index (κ1) is 10.9. The van der Waals surface area contributed by atoms with Gasteiger partial charge in [-0.1, -0.05) is 0 Å². The van der Waals surface area contributed by atoms with Gasteiger partial charge in [0.25, 0.3) is 0 Å². The summed E-state index contributed by atoms with van der Waals surface area (Å²) in [5.41, 5.74) is 5.20. The quantitative estimate of drug-likeness (QED) is 0.653. The molecular weight excluding hydrogens is 188 g/mol. The molecule has 2 atom stereocenters. The van der Waals surface area contributed by atoms with Crippen LogP contribution in [0.5, 0.6) is 0 Å². The minimum absolute atomic E-state index is 0.179. The summed E-state index contributed by atoms with van der Waals surface area (Å²) in [5, 5.41) is 3.26. The number of hydrogen-bond acceptors (Lipinski definition) is 4. The van der Waals surface area contributed by atoms with Crippen LogP contribution in [0.3, 0.4) is 0 Å². The minimum atomic E-state index is -2.81. The first-order valence-electron chi connectivity index (χ1n) is 4.55. The van der Waals surface area contributed by atoms with E-state index in [4.69, 9.17) is 5.73 Å². The van der Waals surface area contributed by atoms with Crippen molar-refractivity contribution in [3.8, 4) is 0 Å². The van der Waals surface area contributed by atoms with Crippen LogP contribution in [0.15, 0.2) is 0 Å². The zero-order chi connectivity index (χ0) is 10.1. The first-order chi connectivity index (χ1) is 5.87. The van der Waals surface area contributed by atoms with Crippen LogP contribution >= 0.6 is 0 Å². The standard InChI is InChI=1S/C8H18N2O2S/c1-7(5-9)10-8(2)3-4-13(11,12)6-8/h7,10H,3-6,9H2,1-2H3. The zero-order valence-corrected chi connectivity index (χ0v) is 9.02. The van der Waals surface area contributed by atoms with Crippen molar-refractivity contribution in [1.82, 2.24) is 5.32 Å². The van der Waals surface area contributed by atoms with Crippen LogP contribution in [0.1, 0.15) is 20.3 Å². The third kappa shape index (κ3) is 2.93. The average molecular weight is 206 g/mol. The van der Waals surface area contributed by atoms with Gasteiger partial charge in [-0.3, -0.25) is 0 Å². The number of nitrogens with two attached hydrogens (primary N) is 1. The molecule has 0 aliphatic carbocycles. The summed E-state index contributed by atoms with van der Waals surface area (Å²) in [4.78, 5) is 0. The van der Waals surface area contributed by atoms with Crippen LogP contribution in [0.25, 0.3) is 0 Å². The highest BCUT2D eigenvalue weighted by molar-refractivity contribution is 7.91. The van der Waals surface area contributed by atoms with Gasteiger partial charge in [0, 0.05) is 18.1 Å². The van der Waals surface area contributed by atoms with Gasteiger partial charge in [0.1, 0.15) is 0 Å². The summed E-state index contributed by atoms with van der Waals surface area (Å²) in [5.74, 6) is 0.540. The lowest BCUT2D eigenvalue weighted by Gasteiger charge is -2.27. The lowest BCUT2D eigenvalue weighted by Crippen LogP contribution is -2.50.